The Morgan fingerprint density at radius 1 is 1.16 bits per heavy atom. The number of aryl methyl sites for hydroxylation is 3. The zero-order valence-corrected chi connectivity index (χ0v) is 15.1. The quantitative estimate of drug-likeness (QED) is 0.648. The van der Waals surface area contributed by atoms with Crippen molar-refractivity contribution in [2.45, 2.75) is 27.7 Å². The summed E-state index contributed by atoms with van der Waals surface area (Å²) in [4.78, 5) is 14.4. The van der Waals surface area contributed by atoms with E-state index in [2.05, 4.69) is 5.32 Å². The fourth-order valence-electron chi connectivity index (χ4n) is 2.59. The summed E-state index contributed by atoms with van der Waals surface area (Å²) in [5, 5.41) is 12.3. The highest BCUT2D eigenvalue weighted by atomic mass is 16.1. The Hall–Kier alpha value is -3.06. The summed E-state index contributed by atoms with van der Waals surface area (Å²) in [6.07, 6.45) is 1.60. The van der Waals surface area contributed by atoms with E-state index in [1.54, 1.807) is 6.20 Å². The molecule has 4 heteroatoms. The Balaban J connectivity index is 2.26. The number of hydrogen-bond acceptors (Lipinski definition) is 3. The van der Waals surface area contributed by atoms with Gasteiger partial charge >= 0.3 is 0 Å². The fraction of sp³-hybridized carbons (Fsp3) is 0.238. The maximum Gasteiger partial charge on any atom is 0.267 e. The van der Waals surface area contributed by atoms with Crippen LogP contribution in [0.3, 0.4) is 0 Å². The number of benzene rings is 2. The molecule has 0 atom stereocenters. The molecule has 0 aliphatic rings. The Labute approximate surface area is 149 Å². The van der Waals surface area contributed by atoms with Crippen LogP contribution in [0.25, 0.3) is 0 Å². The molecule has 0 unspecified atom stereocenters. The van der Waals surface area contributed by atoms with Gasteiger partial charge in [-0.25, -0.2) is 0 Å². The smallest absolute Gasteiger partial charge is 0.267 e. The number of amides is 1. The van der Waals surface area contributed by atoms with Crippen LogP contribution in [0.4, 0.5) is 11.4 Å². The molecule has 0 heterocycles. The van der Waals surface area contributed by atoms with E-state index in [0.29, 0.717) is 6.54 Å². The van der Waals surface area contributed by atoms with Crippen molar-refractivity contribution >= 4 is 17.3 Å². The van der Waals surface area contributed by atoms with Crippen molar-refractivity contribution in [3.05, 3.63) is 70.9 Å². The summed E-state index contributed by atoms with van der Waals surface area (Å²) in [5.41, 5.74) is 4.97. The first-order valence-electron chi connectivity index (χ1n) is 8.28. The minimum absolute atomic E-state index is 0.0725. The Morgan fingerprint density at radius 3 is 2.48 bits per heavy atom. The van der Waals surface area contributed by atoms with Gasteiger partial charge in [0.25, 0.3) is 5.91 Å². The van der Waals surface area contributed by atoms with Crippen LogP contribution in [0, 0.1) is 32.1 Å². The molecule has 0 aromatic heterocycles. The van der Waals surface area contributed by atoms with Crippen LogP contribution in [0.15, 0.2) is 54.2 Å². The summed E-state index contributed by atoms with van der Waals surface area (Å²) >= 11 is 0. The largest absolute Gasteiger partial charge is 0.347 e. The van der Waals surface area contributed by atoms with E-state index in [-0.39, 0.29) is 5.57 Å². The standard InChI is InChI=1S/C21H23N3O/c1-5-24(19-8-6-7-15(2)12-19)14-18(13-22)21(25)23-20-10-9-16(3)11-17(20)4/h6-12,14H,5H2,1-4H3,(H,23,25)/b18-14-. The van der Waals surface area contributed by atoms with E-state index in [1.165, 1.54) is 0 Å². The van der Waals surface area contributed by atoms with Crippen molar-refractivity contribution in [3.63, 3.8) is 0 Å². The van der Waals surface area contributed by atoms with Crippen LogP contribution in [0.5, 0.6) is 0 Å². The maximum absolute atomic E-state index is 12.5. The minimum Gasteiger partial charge on any atom is -0.347 e. The van der Waals surface area contributed by atoms with Gasteiger partial charge in [0.1, 0.15) is 11.6 Å². The molecule has 0 saturated heterocycles. The normalized spacial score (nSPS) is 10.9. The lowest BCUT2D eigenvalue weighted by molar-refractivity contribution is -0.112. The number of nitriles is 1. The first-order valence-corrected chi connectivity index (χ1v) is 8.28. The molecule has 0 bridgehead atoms. The number of anilines is 2. The van der Waals surface area contributed by atoms with Crippen molar-refractivity contribution in [3.8, 4) is 6.07 Å². The fourth-order valence-corrected chi connectivity index (χ4v) is 2.59. The molecule has 0 radical (unpaired) electrons. The van der Waals surface area contributed by atoms with Crippen LogP contribution >= 0.6 is 0 Å². The van der Waals surface area contributed by atoms with Gasteiger partial charge in [0.05, 0.1) is 0 Å². The molecule has 2 aromatic carbocycles. The van der Waals surface area contributed by atoms with Gasteiger partial charge in [-0.2, -0.15) is 5.26 Å². The molecule has 4 nitrogen and oxygen atoms in total. The molecule has 0 fully saturated rings. The van der Waals surface area contributed by atoms with Gasteiger partial charge in [-0.15, -0.1) is 0 Å². The van der Waals surface area contributed by atoms with Gasteiger partial charge in [0, 0.05) is 24.1 Å². The van der Waals surface area contributed by atoms with Gasteiger partial charge in [-0.1, -0.05) is 29.8 Å². The second-order valence-electron chi connectivity index (χ2n) is 6.05. The second-order valence-corrected chi connectivity index (χ2v) is 6.05. The first-order chi connectivity index (χ1) is 11.9. The van der Waals surface area contributed by atoms with Gasteiger partial charge in [-0.05, 0) is 57.0 Å². The number of hydrogen-bond donors (Lipinski definition) is 1. The number of nitrogens with zero attached hydrogens (tertiary/aromatic N) is 2. The first kappa shape index (κ1) is 18.3. The van der Waals surface area contributed by atoms with E-state index >= 15 is 0 Å². The highest BCUT2D eigenvalue weighted by molar-refractivity contribution is 6.07. The summed E-state index contributed by atoms with van der Waals surface area (Å²) < 4.78 is 0. The number of carbonyl (C=O) groups excluding carboxylic acids is 1. The van der Waals surface area contributed by atoms with Crippen molar-refractivity contribution in [1.29, 1.82) is 5.26 Å². The predicted molar refractivity (Wildman–Crippen MR) is 102 cm³/mol. The third kappa shape index (κ3) is 4.71. The van der Waals surface area contributed by atoms with Crippen LogP contribution in [-0.4, -0.2) is 12.5 Å². The lowest BCUT2D eigenvalue weighted by atomic mass is 10.1. The lowest BCUT2D eigenvalue weighted by Gasteiger charge is -2.19. The Morgan fingerprint density at radius 2 is 1.88 bits per heavy atom. The Kier molecular flexibility index (Phi) is 5.97. The third-order valence-corrected chi connectivity index (χ3v) is 3.95. The molecule has 0 spiro atoms. The molecular weight excluding hydrogens is 310 g/mol. The van der Waals surface area contributed by atoms with Crippen LogP contribution < -0.4 is 10.2 Å². The van der Waals surface area contributed by atoms with Gasteiger partial charge < -0.3 is 10.2 Å². The molecular formula is C21H23N3O. The number of carbonyl (C=O) groups is 1. The van der Waals surface area contributed by atoms with Crippen molar-refractivity contribution in [1.82, 2.24) is 0 Å². The van der Waals surface area contributed by atoms with E-state index < -0.39 is 5.91 Å². The molecule has 0 saturated carbocycles. The molecule has 1 N–H and O–H groups in total. The van der Waals surface area contributed by atoms with E-state index in [4.69, 9.17) is 0 Å². The summed E-state index contributed by atoms with van der Waals surface area (Å²) in [5.74, 6) is -0.402. The zero-order chi connectivity index (χ0) is 18.4. The minimum atomic E-state index is -0.402. The number of rotatable bonds is 5. The molecule has 1 amide bonds. The molecule has 25 heavy (non-hydrogen) atoms. The predicted octanol–water partition coefficient (Wildman–Crippen LogP) is 4.48. The van der Waals surface area contributed by atoms with Gasteiger partial charge in [-0.3, -0.25) is 4.79 Å². The second kappa shape index (κ2) is 8.16. The van der Waals surface area contributed by atoms with E-state index in [1.807, 2.05) is 81.1 Å². The summed E-state index contributed by atoms with van der Waals surface area (Å²) in [7, 11) is 0. The highest BCUT2D eigenvalue weighted by Crippen LogP contribution is 2.19. The van der Waals surface area contributed by atoms with Gasteiger partial charge in [0.15, 0.2) is 0 Å². The van der Waals surface area contributed by atoms with Crippen LogP contribution in [0.2, 0.25) is 0 Å². The van der Waals surface area contributed by atoms with Gasteiger partial charge in [0.2, 0.25) is 0 Å². The van der Waals surface area contributed by atoms with Crippen LogP contribution in [-0.2, 0) is 4.79 Å². The maximum atomic E-state index is 12.5. The van der Waals surface area contributed by atoms with Crippen molar-refractivity contribution < 1.29 is 4.79 Å². The SMILES string of the molecule is CCN(/C=C(/C#N)C(=O)Nc1ccc(C)cc1C)c1cccc(C)c1. The lowest BCUT2D eigenvalue weighted by Crippen LogP contribution is -2.21. The summed E-state index contributed by atoms with van der Waals surface area (Å²) in [6, 6.07) is 15.8. The van der Waals surface area contributed by atoms with E-state index in [0.717, 1.165) is 28.1 Å². The molecule has 2 rings (SSSR count). The average Bonchev–Trinajstić information content (AvgIpc) is 2.58. The topological polar surface area (TPSA) is 56.1 Å². The zero-order valence-electron chi connectivity index (χ0n) is 15.1. The monoisotopic (exact) mass is 333 g/mol. The molecule has 2 aromatic rings. The summed E-state index contributed by atoms with van der Waals surface area (Å²) in [6.45, 7) is 8.59. The van der Waals surface area contributed by atoms with Crippen molar-refractivity contribution in [2.75, 3.05) is 16.8 Å². The van der Waals surface area contributed by atoms with Crippen molar-refractivity contribution in [2.24, 2.45) is 0 Å². The third-order valence-electron chi connectivity index (χ3n) is 3.95. The Bertz CT molecular complexity index is 846. The molecule has 0 aliphatic carbocycles. The van der Waals surface area contributed by atoms with E-state index in [9.17, 15) is 10.1 Å². The molecule has 0 aliphatic heterocycles. The highest BCUT2D eigenvalue weighted by Gasteiger charge is 2.13. The average molecular weight is 333 g/mol. The van der Waals surface area contributed by atoms with Crippen LogP contribution in [0.1, 0.15) is 23.6 Å². The number of nitrogens with one attached hydrogen (secondary N) is 1. The molecule has 128 valence electrons.